The molecule has 3 heterocycles. The maximum Gasteiger partial charge on any atom is 0.252 e. The number of piperidine rings is 1. The van der Waals surface area contributed by atoms with Gasteiger partial charge in [0.05, 0.1) is 20.5 Å². The van der Waals surface area contributed by atoms with Crippen LogP contribution in [0.25, 0.3) is 10.2 Å². The van der Waals surface area contributed by atoms with Crippen LogP contribution in [0.2, 0.25) is 4.34 Å². The molecule has 12 heteroatoms. The molecule has 0 aliphatic carbocycles. The van der Waals surface area contributed by atoms with E-state index < -0.39 is 15.9 Å². The lowest BCUT2D eigenvalue weighted by Crippen LogP contribution is -2.42. The highest BCUT2D eigenvalue weighted by Crippen LogP contribution is 2.31. The third-order valence-corrected chi connectivity index (χ3v) is 10.4. The zero-order valence-corrected chi connectivity index (χ0v) is 21.2. The molecule has 1 unspecified atom stereocenters. The lowest BCUT2D eigenvalue weighted by molar-refractivity contribution is -0.122. The van der Waals surface area contributed by atoms with Gasteiger partial charge in [-0.05, 0) is 49.4 Å². The minimum Gasteiger partial charge on any atom is -0.316 e. The van der Waals surface area contributed by atoms with E-state index in [-0.39, 0.29) is 22.5 Å². The van der Waals surface area contributed by atoms with Crippen LogP contribution in [0.4, 0.5) is 4.39 Å². The van der Waals surface area contributed by atoms with E-state index in [9.17, 15) is 17.6 Å². The highest BCUT2D eigenvalue weighted by molar-refractivity contribution is 7.98. The minimum absolute atomic E-state index is 0.0878. The standard InChI is InChI=1S/C20H21ClFN3O3S4/c1-29-10-9-25-15-5-4-14(22)11-16(15)30-20(25)23-19(26)13-3-2-8-24(12-13)32(27,28)18-7-6-17(21)31-18/h4-7,11,13H,2-3,8-10,12H2,1H3. The van der Waals surface area contributed by atoms with Crippen LogP contribution in [0, 0.1) is 11.7 Å². The second kappa shape index (κ2) is 9.94. The molecule has 32 heavy (non-hydrogen) atoms. The van der Waals surface area contributed by atoms with Crippen molar-refractivity contribution >= 4 is 72.2 Å². The van der Waals surface area contributed by atoms with Crippen LogP contribution < -0.4 is 4.80 Å². The maximum atomic E-state index is 13.7. The average molecular weight is 534 g/mol. The third kappa shape index (κ3) is 4.97. The molecule has 3 aromatic rings. The molecule has 1 atom stereocenters. The van der Waals surface area contributed by atoms with Crippen LogP contribution in [0.3, 0.4) is 0 Å². The number of aromatic nitrogens is 1. The summed E-state index contributed by atoms with van der Waals surface area (Å²) in [5, 5.41) is 0. The fraction of sp³-hybridized carbons (Fsp3) is 0.400. The summed E-state index contributed by atoms with van der Waals surface area (Å²) in [4.78, 5) is 17.9. The molecule has 1 amide bonds. The normalized spacial score (nSPS) is 18.5. The van der Waals surface area contributed by atoms with Gasteiger partial charge in [-0.15, -0.1) is 11.3 Å². The number of sulfonamides is 1. The Morgan fingerprint density at radius 2 is 2.12 bits per heavy atom. The molecule has 0 saturated carbocycles. The van der Waals surface area contributed by atoms with Crippen LogP contribution in [0.5, 0.6) is 0 Å². The number of nitrogens with zero attached hydrogens (tertiary/aromatic N) is 3. The summed E-state index contributed by atoms with van der Waals surface area (Å²) in [5.41, 5.74) is 0.833. The number of thiophene rings is 1. The van der Waals surface area contributed by atoms with Gasteiger partial charge in [0.2, 0.25) is 0 Å². The van der Waals surface area contributed by atoms with Gasteiger partial charge in [0.25, 0.3) is 15.9 Å². The molecule has 172 valence electrons. The number of amides is 1. The average Bonchev–Trinajstić information content (AvgIpc) is 3.35. The summed E-state index contributed by atoms with van der Waals surface area (Å²) in [7, 11) is -3.70. The number of halogens is 2. The summed E-state index contributed by atoms with van der Waals surface area (Å²) in [6, 6.07) is 7.59. The lowest BCUT2D eigenvalue weighted by atomic mass is 9.99. The monoisotopic (exact) mass is 533 g/mol. The van der Waals surface area contributed by atoms with E-state index in [0.29, 0.717) is 35.1 Å². The molecular weight excluding hydrogens is 513 g/mol. The molecule has 1 aromatic carbocycles. The summed E-state index contributed by atoms with van der Waals surface area (Å²) in [6.45, 7) is 1.09. The van der Waals surface area contributed by atoms with Crippen LogP contribution in [-0.2, 0) is 21.4 Å². The molecule has 0 radical (unpaired) electrons. The van der Waals surface area contributed by atoms with E-state index in [2.05, 4.69) is 4.99 Å². The topological polar surface area (TPSA) is 71.7 Å². The van der Waals surface area contributed by atoms with Gasteiger partial charge < -0.3 is 4.57 Å². The molecule has 1 saturated heterocycles. The smallest absolute Gasteiger partial charge is 0.252 e. The molecule has 0 spiro atoms. The zero-order valence-electron chi connectivity index (χ0n) is 17.2. The van der Waals surface area contributed by atoms with Gasteiger partial charge in [-0.2, -0.15) is 21.1 Å². The van der Waals surface area contributed by atoms with Gasteiger partial charge in [-0.3, -0.25) is 4.79 Å². The fourth-order valence-corrected chi connectivity index (χ4v) is 8.25. The second-order valence-electron chi connectivity index (χ2n) is 7.35. The largest absolute Gasteiger partial charge is 0.316 e. The lowest BCUT2D eigenvalue weighted by Gasteiger charge is -2.29. The van der Waals surface area contributed by atoms with E-state index in [0.717, 1.165) is 27.3 Å². The van der Waals surface area contributed by atoms with Gasteiger partial charge in [-0.1, -0.05) is 22.9 Å². The number of thiazole rings is 1. The van der Waals surface area contributed by atoms with Crippen molar-refractivity contribution in [3.63, 3.8) is 0 Å². The van der Waals surface area contributed by atoms with Crippen molar-refractivity contribution in [3.8, 4) is 0 Å². The summed E-state index contributed by atoms with van der Waals surface area (Å²) < 4.78 is 44.2. The van der Waals surface area contributed by atoms with Gasteiger partial charge in [0.15, 0.2) is 4.80 Å². The third-order valence-electron chi connectivity index (χ3n) is 5.25. The Morgan fingerprint density at radius 1 is 1.31 bits per heavy atom. The Morgan fingerprint density at radius 3 is 2.84 bits per heavy atom. The number of hydrogen-bond acceptors (Lipinski definition) is 6. The zero-order chi connectivity index (χ0) is 22.9. The van der Waals surface area contributed by atoms with Crippen LogP contribution in [-0.4, -0.2) is 48.3 Å². The number of hydrogen-bond donors (Lipinski definition) is 0. The number of rotatable bonds is 6. The first-order valence-corrected chi connectivity index (χ1v) is 14.8. The number of carbonyl (C=O) groups is 1. The van der Waals surface area contributed by atoms with Gasteiger partial charge >= 0.3 is 0 Å². The number of benzene rings is 1. The first kappa shape index (κ1) is 23.9. The predicted molar refractivity (Wildman–Crippen MR) is 130 cm³/mol. The summed E-state index contributed by atoms with van der Waals surface area (Å²) in [5.74, 6) is -0.386. The van der Waals surface area contributed by atoms with Gasteiger partial charge in [-0.25, -0.2) is 12.8 Å². The minimum atomic E-state index is -3.70. The SMILES string of the molecule is CSCCn1c(=NC(=O)C2CCCN(S(=O)(=O)c3ccc(Cl)s3)C2)sc2cc(F)ccc21. The summed E-state index contributed by atoms with van der Waals surface area (Å²) >= 11 is 9.86. The Kier molecular flexibility index (Phi) is 7.43. The molecule has 0 N–H and O–H groups in total. The van der Waals surface area contributed by atoms with Crippen molar-refractivity contribution in [2.24, 2.45) is 10.9 Å². The molecule has 0 bridgehead atoms. The van der Waals surface area contributed by atoms with Crippen molar-refractivity contribution in [2.75, 3.05) is 25.1 Å². The second-order valence-corrected chi connectivity index (χ2v) is 13.2. The molecule has 1 aliphatic rings. The highest BCUT2D eigenvalue weighted by atomic mass is 35.5. The number of fused-ring (bicyclic) bond motifs is 1. The molecule has 6 nitrogen and oxygen atoms in total. The molecule has 2 aromatic heterocycles. The maximum absolute atomic E-state index is 13.7. The van der Waals surface area contributed by atoms with Crippen molar-refractivity contribution in [3.05, 3.63) is 45.3 Å². The van der Waals surface area contributed by atoms with E-state index in [1.54, 1.807) is 23.9 Å². The number of aryl methyl sites for hydroxylation is 1. The van der Waals surface area contributed by atoms with E-state index in [4.69, 9.17) is 11.6 Å². The number of carbonyl (C=O) groups excluding carboxylic acids is 1. The molecule has 4 rings (SSSR count). The molecule has 1 aliphatic heterocycles. The predicted octanol–water partition coefficient (Wildman–Crippen LogP) is 4.45. The van der Waals surface area contributed by atoms with Crippen molar-refractivity contribution in [1.82, 2.24) is 8.87 Å². The summed E-state index contributed by atoms with van der Waals surface area (Å²) in [6.07, 6.45) is 3.15. The highest BCUT2D eigenvalue weighted by Gasteiger charge is 2.34. The molecular formula is C20H21ClFN3O3S4. The molecule has 1 fully saturated rings. The van der Waals surface area contributed by atoms with Crippen molar-refractivity contribution in [2.45, 2.75) is 23.6 Å². The van der Waals surface area contributed by atoms with Gasteiger partial charge in [0.1, 0.15) is 10.0 Å². The van der Waals surface area contributed by atoms with Crippen LogP contribution >= 0.6 is 46.0 Å². The first-order valence-electron chi connectivity index (χ1n) is 9.91. The number of thioether (sulfide) groups is 1. The Bertz CT molecular complexity index is 1320. The van der Waals surface area contributed by atoms with E-state index >= 15 is 0 Å². The quantitative estimate of drug-likeness (QED) is 0.469. The van der Waals surface area contributed by atoms with Crippen LogP contribution in [0.15, 0.2) is 39.5 Å². The van der Waals surface area contributed by atoms with Crippen molar-refractivity contribution in [1.29, 1.82) is 0 Å². The van der Waals surface area contributed by atoms with Gasteiger partial charge in [0, 0.05) is 25.4 Å². The Balaban J connectivity index is 1.62. The Labute approximate surface area is 202 Å². The van der Waals surface area contributed by atoms with E-state index in [1.807, 2.05) is 10.8 Å². The van der Waals surface area contributed by atoms with E-state index in [1.165, 1.54) is 33.8 Å². The Hall–Kier alpha value is -1.24. The van der Waals surface area contributed by atoms with Crippen molar-refractivity contribution < 1.29 is 17.6 Å². The first-order chi connectivity index (χ1) is 15.3. The van der Waals surface area contributed by atoms with Crippen LogP contribution in [0.1, 0.15) is 12.8 Å². The fourth-order valence-electron chi connectivity index (χ4n) is 3.64.